The van der Waals surface area contributed by atoms with E-state index in [0.717, 1.165) is 0 Å². The molecule has 2 amide bonds. The quantitative estimate of drug-likeness (QED) is 0.596. The molecule has 0 aliphatic carbocycles. The number of hydrogen-bond donors (Lipinski definition) is 2. The van der Waals surface area contributed by atoms with Gasteiger partial charge in [0.25, 0.3) is 0 Å². The molecule has 0 radical (unpaired) electrons. The van der Waals surface area contributed by atoms with Gasteiger partial charge in [-0.3, -0.25) is 9.59 Å². The highest BCUT2D eigenvalue weighted by Gasteiger charge is 2.04. The number of carbonyl (C=O) groups is 2. The number of likely N-dealkylation sites (N-methyl/N-ethyl adjacent to an activating group) is 1. The molecule has 0 aromatic heterocycles. The first kappa shape index (κ1) is 14.9. The lowest BCUT2D eigenvalue weighted by Crippen LogP contribution is -2.35. The van der Waals surface area contributed by atoms with Gasteiger partial charge in [-0.2, -0.15) is 0 Å². The zero-order valence-electron chi connectivity index (χ0n) is 10.7. The van der Waals surface area contributed by atoms with Crippen molar-refractivity contribution in [2.45, 2.75) is 20.3 Å². The van der Waals surface area contributed by atoms with Crippen molar-refractivity contribution in [3.8, 4) is 0 Å². The lowest BCUT2D eigenvalue weighted by atomic mass is 10.2. The minimum absolute atomic E-state index is 0.0163. The van der Waals surface area contributed by atoms with Crippen LogP contribution in [-0.4, -0.2) is 50.4 Å². The second-order valence-electron chi connectivity index (χ2n) is 4.41. The van der Waals surface area contributed by atoms with Crippen LogP contribution in [0, 0.1) is 5.92 Å². The van der Waals surface area contributed by atoms with E-state index >= 15 is 0 Å². The van der Waals surface area contributed by atoms with Gasteiger partial charge in [0.2, 0.25) is 11.8 Å². The average Bonchev–Trinajstić information content (AvgIpc) is 2.20. The SMILES string of the molecule is CC(C)CNC(=O)CCNCC(=O)N(C)C. The Balaban J connectivity index is 3.45. The van der Waals surface area contributed by atoms with Crippen LogP contribution in [0.1, 0.15) is 20.3 Å². The van der Waals surface area contributed by atoms with Crippen molar-refractivity contribution in [1.82, 2.24) is 15.5 Å². The number of amides is 2. The van der Waals surface area contributed by atoms with Crippen LogP contribution in [0.3, 0.4) is 0 Å². The Morgan fingerprint density at radius 3 is 2.38 bits per heavy atom. The predicted octanol–water partition coefficient (Wildman–Crippen LogP) is -0.173. The highest BCUT2D eigenvalue weighted by Crippen LogP contribution is 1.88. The molecule has 0 aliphatic rings. The minimum atomic E-state index is 0.0163. The molecular weight excluding hydrogens is 206 g/mol. The van der Waals surface area contributed by atoms with E-state index in [4.69, 9.17) is 0 Å². The van der Waals surface area contributed by atoms with E-state index < -0.39 is 0 Å². The average molecular weight is 229 g/mol. The van der Waals surface area contributed by atoms with Crippen molar-refractivity contribution in [2.75, 3.05) is 33.7 Å². The van der Waals surface area contributed by atoms with E-state index in [9.17, 15) is 9.59 Å². The summed E-state index contributed by atoms with van der Waals surface area (Å²) in [4.78, 5) is 24.0. The van der Waals surface area contributed by atoms with Crippen LogP contribution in [0.25, 0.3) is 0 Å². The number of rotatable bonds is 7. The van der Waals surface area contributed by atoms with E-state index in [-0.39, 0.29) is 18.4 Å². The molecule has 0 unspecified atom stereocenters. The summed E-state index contributed by atoms with van der Waals surface area (Å²) in [5.41, 5.74) is 0. The number of nitrogens with one attached hydrogen (secondary N) is 2. The lowest BCUT2D eigenvalue weighted by molar-refractivity contribution is -0.128. The largest absolute Gasteiger partial charge is 0.356 e. The minimum Gasteiger partial charge on any atom is -0.356 e. The fourth-order valence-corrected chi connectivity index (χ4v) is 0.962. The number of hydrogen-bond acceptors (Lipinski definition) is 3. The van der Waals surface area contributed by atoms with Gasteiger partial charge in [-0.15, -0.1) is 0 Å². The molecule has 0 aromatic rings. The fraction of sp³-hybridized carbons (Fsp3) is 0.818. The van der Waals surface area contributed by atoms with Crippen LogP contribution in [0.2, 0.25) is 0 Å². The first-order valence-electron chi connectivity index (χ1n) is 5.61. The maximum atomic E-state index is 11.3. The highest BCUT2D eigenvalue weighted by atomic mass is 16.2. The molecule has 0 saturated carbocycles. The Kier molecular flexibility index (Phi) is 7.54. The van der Waals surface area contributed by atoms with Crippen molar-refractivity contribution < 1.29 is 9.59 Å². The summed E-state index contributed by atoms with van der Waals surface area (Å²) < 4.78 is 0. The van der Waals surface area contributed by atoms with Gasteiger partial charge >= 0.3 is 0 Å². The third-order valence-corrected chi connectivity index (χ3v) is 2.01. The smallest absolute Gasteiger partial charge is 0.236 e. The third-order valence-electron chi connectivity index (χ3n) is 2.01. The normalized spacial score (nSPS) is 10.3. The van der Waals surface area contributed by atoms with Gasteiger partial charge < -0.3 is 15.5 Å². The van der Waals surface area contributed by atoms with Gasteiger partial charge in [-0.25, -0.2) is 0 Å². The fourth-order valence-electron chi connectivity index (χ4n) is 0.962. The highest BCUT2D eigenvalue weighted by molar-refractivity contribution is 5.78. The Morgan fingerprint density at radius 1 is 1.25 bits per heavy atom. The summed E-state index contributed by atoms with van der Waals surface area (Å²) in [6.45, 7) is 5.62. The summed E-state index contributed by atoms with van der Waals surface area (Å²) in [7, 11) is 3.42. The summed E-state index contributed by atoms with van der Waals surface area (Å²) >= 11 is 0. The zero-order valence-corrected chi connectivity index (χ0v) is 10.7. The molecule has 0 spiro atoms. The van der Waals surface area contributed by atoms with E-state index in [1.54, 1.807) is 14.1 Å². The molecule has 2 N–H and O–H groups in total. The molecule has 0 bridgehead atoms. The molecule has 0 heterocycles. The molecule has 0 atom stereocenters. The monoisotopic (exact) mass is 229 g/mol. The molecule has 0 aliphatic heterocycles. The maximum absolute atomic E-state index is 11.3. The molecule has 94 valence electrons. The molecular formula is C11H23N3O2. The van der Waals surface area contributed by atoms with E-state index in [0.29, 0.717) is 25.4 Å². The Bertz CT molecular complexity index is 227. The van der Waals surface area contributed by atoms with Crippen molar-refractivity contribution in [2.24, 2.45) is 5.92 Å². The molecule has 0 saturated heterocycles. The van der Waals surface area contributed by atoms with E-state index in [1.165, 1.54) is 4.90 Å². The Hall–Kier alpha value is -1.10. The van der Waals surface area contributed by atoms with Gasteiger partial charge in [-0.05, 0) is 5.92 Å². The van der Waals surface area contributed by atoms with Gasteiger partial charge in [0.15, 0.2) is 0 Å². The molecule has 0 rings (SSSR count). The Labute approximate surface area is 97.6 Å². The van der Waals surface area contributed by atoms with Crippen LogP contribution in [0.5, 0.6) is 0 Å². The van der Waals surface area contributed by atoms with E-state index in [2.05, 4.69) is 10.6 Å². The van der Waals surface area contributed by atoms with Crippen LogP contribution < -0.4 is 10.6 Å². The summed E-state index contributed by atoms with van der Waals surface area (Å²) in [5, 5.41) is 5.75. The van der Waals surface area contributed by atoms with Crippen LogP contribution in [0.15, 0.2) is 0 Å². The van der Waals surface area contributed by atoms with Gasteiger partial charge in [0.05, 0.1) is 6.54 Å². The number of nitrogens with zero attached hydrogens (tertiary/aromatic N) is 1. The Morgan fingerprint density at radius 2 is 1.88 bits per heavy atom. The van der Waals surface area contributed by atoms with Crippen LogP contribution in [0.4, 0.5) is 0 Å². The number of carbonyl (C=O) groups excluding carboxylic acids is 2. The van der Waals surface area contributed by atoms with Crippen LogP contribution >= 0.6 is 0 Å². The van der Waals surface area contributed by atoms with Crippen molar-refractivity contribution in [1.29, 1.82) is 0 Å². The molecule has 5 heteroatoms. The van der Waals surface area contributed by atoms with Gasteiger partial charge in [0, 0.05) is 33.6 Å². The summed E-state index contributed by atoms with van der Waals surface area (Å²) in [6.07, 6.45) is 0.410. The molecule has 0 aromatic carbocycles. The molecule has 0 fully saturated rings. The van der Waals surface area contributed by atoms with Gasteiger partial charge in [-0.1, -0.05) is 13.8 Å². The standard InChI is InChI=1S/C11H23N3O2/c1-9(2)7-13-10(15)5-6-12-8-11(16)14(3)4/h9,12H,5-8H2,1-4H3,(H,13,15). The van der Waals surface area contributed by atoms with Crippen molar-refractivity contribution in [3.63, 3.8) is 0 Å². The second-order valence-corrected chi connectivity index (χ2v) is 4.41. The van der Waals surface area contributed by atoms with Crippen molar-refractivity contribution in [3.05, 3.63) is 0 Å². The first-order chi connectivity index (χ1) is 7.43. The zero-order chi connectivity index (χ0) is 12.6. The topological polar surface area (TPSA) is 61.4 Å². The molecule has 16 heavy (non-hydrogen) atoms. The van der Waals surface area contributed by atoms with E-state index in [1.807, 2.05) is 13.8 Å². The van der Waals surface area contributed by atoms with Crippen molar-refractivity contribution >= 4 is 11.8 Å². The predicted molar refractivity (Wildman–Crippen MR) is 64.0 cm³/mol. The van der Waals surface area contributed by atoms with Gasteiger partial charge in [0.1, 0.15) is 0 Å². The first-order valence-corrected chi connectivity index (χ1v) is 5.61. The lowest BCUT2D eigenvalue weighted by Gasteiger charge is -2.11. The second kappa shape index (κ2) is 8.10. The van der Waals surface area contributed by atoms with Crippen LogP contribution in [-0.2, 0) is 9.59 Å². The summed E-state index contributed by atoms with van der Waals surface area (Å²) in [6, 6.07) is 0. The molecule has 5 nitrogen and oxygen atoms in total. The summed E-state index contributed by atoms with van der Waals surface area (Å²) in [5.74, 6) is 0.508. The maximum Gasteiger partial charge on any atom is 0.236 e. The third kappa shape index (κ3) is 8.23.